The molecule has 0 bridgehead atoms. The number of carbonyl (C=O) groups excluding carboxylic acids is 1. The quantitative estimate of drug-likeness (QED) is 0.783. The maximum atomic E-state index is 12.1. The van der Waals surface area contributed by atoms with Crippen LogP contribution in [0.5, 0.6) is 0 Å². The summed E-state index contributed by atoms with van der Waals surface area (Å²) in [5.74, 6) is -0.159. The highest BCUT2D eigenvalue weighted by atomic mass is 16.3. The number of fused-ring (bicyclic) bond motifs is 1. The number of anilines is 1. The highest BCUT2D eigenvalue weighted by molar-refractivity contribution is 5.79. The number of aromatic nitrogens is 1. The zero-order chi connectivity index (χ0) is 14.8. The van der Waals surface area contributed by atoms with E-state index in [0.717, 1.165) is 11.1 Å². The van der Waals surface area contributed by atoms with Gasteiger partial charge in [-0.3, -0.25) is 9.78 Å². The number of nitrogens with one attached hydrogen (secondary N) is 1. The predicted octanol–water partition coefficient (Wildman–Crippen LogP) is 0.981. The number of benzene rings is 1. The Morgan fingerprint density at radius 3 is 2.90 bits per heavy atom. The van der Waals surface area contributed by atoms with Crippen molar-refractivity contribution in [3.05, 3.63) is 59.4 Å². The van der Waals surface area contributed by atoms with E-state index in [1.165, 1.54) is 6.20 Å². The number of carbonyl (C=O) groups is 1. The average Bonchev–Trinajstić information content (AvgIpc) is 2.78. The van der Waals surface area contributed by atoms with Crippen molar-refractivity contribution < 1.29 is 9.90 Å². The van der Waals surface area contributed by atoms with Gasteiger partial charge in [-0.2, -0.15) is 0 Å². The lowest BCUT2D eigenvalue weighted by molar-refractivity contribution is -0.122. The fourth-order valence-electron chi connectivity index (χ4n) is 2.68. The molecule has 2 aromatic rings. The Morgan fingerprint density at radius 1 is 1.33 bits per heavy atom. The van der Waals surface area contributed by atoms with Crippen molar-refractivity contribution in [2.75, 3.05) is 5.73 Å². The SMILES string of the molecule is Nc1ccc(CC(=O)N[C@@H]2c3ccccc3C[C@@H]2O)nc1. The molecule has 0 spiro atoms. The summed E-state index contributed by atoms with van der Waals surface area (Å²) in [4.78, 5) is 16.2. The summed E-state index contributed by atoms with van der Waals surface area (Å²) in [6.07, 6.45) is 1.70. The van der Waals surface area contributed by atoms with Crippen LogP contribution in [0, 0.1) is 0 Å². The van der Waals surface area contributed by atoms with Crippen molar-refractivity contribution >= 4 is 11.6 Å². The molecule has 0 radical (unpaired) electrons. The molecule has 4 N–H and O–H groups in total. The summed E-state index contributed by atoms with van der Waals surface area (Å²) >= 11 is 0. The monoisotopic (exact) mass is 283 g/mol. The molecule has 108 valence electrons. The molecule has 5 nitrogen and oxygen atoms in total. The van der Waals surface area contributed by atoms with Crippen molar-refractivity contribution in [3.63, 3.8) is 0 Å². The van der Waals surface area contributed by atoms with E-state index in [4.69, 9.17) is 5.73 Å². The van der Waals surface area contributed by atoms with E-state index in [9.17, 15) is 9.90 Å². The number of rotatable bonds is 3. The van der Waals surface area contributed by atoms with E-state index in [1.54, 1.807) is 12.1 Å². The van der Waals surface area contributed by atoms with Gasteiger partial charge in [0.25, 0.3) is 0 Å². The first kappa shape index (κ1) is 13.6. The molecule has 1 amide bonds. The van der Waals surface area contributed by atoms with Crippen LogP contribution in [0.15, 0.2) is 42.6 Å². The molecule has 1 heterocycles. The highest BCUT2D eigenvalue weighted by Gasteiger charge is 2.31. The Hall–Kier alpha value is -2.40. The number of aliphatic hydroxyl groups excluding tert-OH is 1. The van der Waals surface area contributed by atoms with Gasteiger partial charge in [0.15, 0.2) is 0 Å². The van der Waals surface area contributed by atoms with Crippen molar-refractivity contribution in [2.24, 2.45) is 0 Å². The highest BCUT2D eigenvalue weighted by Crippen LogP contribution is 2.31. The molecule has 0 saturated heterocycles. The van der Waals surface area contributed by atoms with Crippen LogP contribution >= 0.6 is 0 Å². The molecule has 1 aliphatic rings. The van der Waals surface area contributed by atoms with Gasteiger partial charge in [0.2, 0.25) is 5.91 Å². The zero-order valence-electron chi connectivity index (χ0n) is 11.5. The van der Waals surface area contributed by atoms with Gasteiger partial charge >= 0.3 is 0 Å². The second kappa shape index (κ2) is 5.54. The van der Waals surface area contributed by atoms with Crippen LogP contribution in [0.1, 0.15) is 22.9 Å². The van der Waals surface area contributed by atoms with Gasteiger partial charge in [-0.15, -0.1) is 0 Å². The Bertz CT molecular complexity index is 655. The maximum absolute atomic E-state index is 12.1. The summed E-state index contributed by atoms with van der Waals surface area (Å²) in [7, 11) is 0. The molecule has 1 aromatic carbocycles. The van der Waals surface area contributed by atoms with Gasteiger partial charge in [-0.25, -0.2) is 0 Å². The largest absolute Gasteiger partial charge is 0.397 e. The smallest absolute Gasteiger partial charge is 0.226 e. The molecule has 0 fully saturated rings. The van der Waals surface area contributed by atoms with Crippen molar-refractivity contribution in [3.8, 4) is 0 Å². The molecule has 5 heteroatoms. The third-order valence-corrected chi connectivity index (χ3v) is 3.71. The lowest BCUT2D eigenvalue weighted by Crippen LogP contribution is -2.34. The van der Waals surface area contributed by atoms with Gasteiger partial charge in [0.05, 0.1) is 30.5 Å². The molecule has 21 heavy (non-hydrogen) atoms. The topological polar surface area (TPSA) is 88.2 Å². The number of aliphatic hydroxyl groups is 1. The van der Waals surface area contributed by atoms with Crippen LogP contribution in [0.25, 0.3) is 0 Å². The number of nitrogens with two attached hydrogens (primary N) is 1. The average molecular weight is 283 g/mol. The molecule has 3 rings (SSSR count). The van der Waals surface area contributed by atoms with Crippen LogP contribution < -0.4 is 11.1 Å². The van der Waals surface area contributed by atoms with E-state index in [2.05, 4.69) is 10.3 Å². The molecule has 0 aliphatic heterocycles. The summed E-state index contributed by atoms with van der Waals surface area (Å²) in [5.41, 5.74) is 8.86. The molecule has 0 unspecified atom stereocenters. The predicted molar refractivity (Wildman–Crippen MR) is 79.4 cm³/mol. The number of hydrogen-bond donors (Lipinski definition) is 3. The van der Waals surface area contributed by atoms with Gasteiger partial charge < -0.3 is 16.2 Å². The van der Waals surface area contributed by atoms with E-state index >= 15 is 0 Å². The minimum atomic E-state index is -0.578. The fraction of sp³-hybridized carbons (Fsp3) is 0.250. The standard InChI is InChI=1S/C16H17N3O2/c17-11-5-6-12(18-9-11)8-15(21)19-16-13-4-2-1-3-10(13)7-14(16)20/h1-6,9,14,16,20H,7-8,17H2,(H,19,21)/t14-,16+/m0/s1. The third kappa shape index (κ3) is 2.87. The van der Waals surface area contributed by atoms with Crippen LogP contribution in [-0.4, -0.2) is 22.1 Å². The molecular formula is C16H17N3O2. The minimum Gasteiger partial charge on any atom is -0.397 e. The molecular weight excluding hydrogens is 266 g/mol. The lowest BCUT2D eigenvalue weighted by Gasteiger charge is -2.17. The Balaban J connectivity index is 1.69. The second-order valence-corrected chi connectivity index (χ2v) is 5.28. The van der Waals surface area contributed by atoms with E-state index in [1.807, 2.05) is 24.3 Å². The van der Waals surface area contributed by atoms with Gasteiger partial charge in [0.1, 0.15) is 0 Å². The van der Waals surface area contributed by atoms with Crippen molar-refractivity contribution in [1.82, 2.24) is 10.3 Å². The maximum Gasteiger partial charge on any atom is 0.226 e. The Labute approximate surface area is 122 Å². The normalized spacial score (nSPS) is 20.0. The van der Waals surface area contributed by atoms with Crippen molar-refractivity contribution in [1.29, 1.82) is 0 Å². The molecule has 0 saturated carbocycles. The number of pyridine rings is 1. The summed E-state index contributed by atoms with van der Waals surface area (Å²) in [6.45, 7) is 0. The van der Waals surface area contributed by atoms with E-state index in [0.29, 0.717) is 17.8 Å². The van der Waals surface area contributed by atoms with Crippen molar-refractivity contribution in [2.45, 2.75) is 25.0 Å². The first-order valence-electron chi connectivity index (χ1n) is 6.89. The summed E-state index contributed by atoms with van der Waals surface area (Å²) < 4.78 is 0. The molecule has 1 aliphatic carbocycles. The number of nitrogen functional groups attached to an aromatic ring is 1. The van der Waals surface area contributed by atoms with Gasteiger partial charge in [-0.1, -0.05) is 24.3 Å². The Kier molecular flexibility index (Phi) is 3.58. The number of hydrogen-bond acceptors (Lipinski definition) is 4. The minimum absolute atomic E-state index is 0.159. The fourth-order valence-corrected chi connectivity index (χ4v) is 2.68. The summed E-state index contributed by atoms with van der Waals surface area (Å²) in [5, 5.41) is 13.0. The zero-order valence-corrected chi connectivity index (χ0v) is 11.5. The first-order chi connectivity index (χ1) is 10.1. The van der Waals surface area contributed by atoms with Crippen LogP contribution in [-0.2, 0) is 17.6 Å². The number of nitrogens with zero attached hydrogens (tertiary/aromatic N) is 1. The molecule has 1 aromatic heterocycles. The van der Waals surface area contributed by atoms with Crippen LogP contribution in [0.3, 0.4) is 0 Å². The van der Waals surface area contributed by atoms with Gasteiger partial charge in [0, 0.05) is 12.1 Å². The van der Waals surface area contributed by atoms with E-state index in [-0.39, 0.29) is 18.4 Å². The van der Waals surface area contributed by atoms with Crippen LogP contribution in [0.2, 0.25) is 0 Å². The van der Waals surface area contributed by atoms with Gasteiger partial charge in [-0.05, 0) is 23.3 Å². The second-order valence-electron chi connectivity index (χ2n) is 5.28. The third-order valence-electron chi connectivity index (χ3n) is 3.71. The Morgan fingerprint density at radius 2 is 2.14 bits per heavy atom. The van der Waals surface area contributed by atoms with Crippen LogP contribution in [0.4, 0.5) is 5.69 Å². The van der Waals surface area contributed by atoms with E-state index < -0.39 is 6.10 Å². The summed E-state index contributed by atoms with van der Waals surface area (Å²) in [6, 6.07) is 10.9. The lowest BCUT2D eigenvalue weighted by atomic mass is 10.1. The molecule has 2 atom stereocenters. The first-order valence-corrected chi connectivity index (χ1v) is 6.89. The number of amides is 1.